The number of nitriles is 1. The van der Waals surface area contributed by atoms with Crippen LogP contribution in [-0.4, -0.2) is 45.5 Å². The average molecular weight is 395 g/mol. The Bertz CT molecular complexity index is 1230. The van der Waals surface area contributed by atoms with Crippen LogP contribution in [0.4, 0.5) is 5.82 Å². The lowest BCUT2D eigenvalue weighted by atomic mass is 10.1. The number of nitrogens with zero attached hydrogens (tertiary/aromatic N) is 6. The Balaban J connectivity index is 1.53. The van der Waals surface area contributed by atoms with Gasteiger partial charge in [0.1, 0.15) is 23.2 Å². The number of aryl methyl sites for hydroxylation is 1. The van der Waals surface area contributed by atoms with Gasteiger partial charge in [0.2, 0.25) is 0 Å². The first-order valence-electron chi connectivity index (χ1n) is 9.99. The lowest BCUT2D eigenvalue weighted by Gasteiger charge is -2.28. The van der Waals surface area contributed by atoms with Gasteiger partial charge in [-0.15, -0.1) is 0 Å². The predicted molar refractivity (Wildman–Crippen MR) is 116 cm³/mol. The fraction of sp³-hybridized carbons (Fsp3) is 0.217. The van der Waals surface area contributed by atoms with Crippen molar-refractivity contribution in [3.05, 3.63) is 66.4 Å². The van der Waals surface area contributed by atoms with Crippen molar-refractivity contribution in [3.8, 4) is 28.5 Å². The van der Waals surface area contributed by atoms with E-state index >= 15 is 0 Å². The third-order valence-electron chi connectivity index (χ3n) is 5.49. The van der Waals surface area contributed by atoms with Crippen molar-refractivity contribution in [2.45, 2.75) is 6.92 Å². The van der Waals surface area contributed by atoms with E-state index in [2.05, 4.69) is 62.0 Å². The maximum Gasteiger partial charge on any atom is 0.140 e. The van der Waals surface area contributed by atoms with Crippen molar-refractivity contribution in [3.63, 3.8) is 0 Å². The Morgan fingerprint density at radius 3 is 2.43 bits per heavy atom. The number of nitrogens with one attached hydrogen (secondary N) is 1. The van der Waals surface area contributed by atoms with E-state index in [0.29, 0.717) is 5.69 Å². The molecule has 7 heteroatoms. The molecule has 0 unspecified atom stereocenters. The van der Waals surface area contributed by atoms with Crippen molar-refractivity contribution in [1.29, 1.82) is 5.26 Å². The monoisotopic (exact) mass is 395 g/mol. The number of imidazole rings is 1. The molecule has 0 saturated carbocycles. The third-order valence-corrected chi connectivity index (χ3v) is 5.49. The number of pyridine rings is 3. The van der Waals surface area contributed by atoms with Crippen LogP contribution >= 0.6 is 0 Å². The Kier molecular flexibility index (Phi) is 4.62. The van der Waals surface area contributed by atoms with Crippen molar-refractivity contribution in [2.75, 3.05) is 31.1 Å². The smallest absolute Gasteiger partial charge is 0.140 e. The van der Waals surface area contributed by atoms with Gasteiger partial charge >= 0.3 is 0 Å². The second kappa shape index (κ2) is 7.58. The molecule has 0 radical (unpaired) electrons. The third kappa shape index (κ3) is 3.27. The average Bonchev–Trinajstić information content (AvgIpc) is 3.24. The first-order chi connectivity index (χ1) is 14.7. The molecule has 0 atom stereocenters. The summed E-state index contributed by atoms with van der Waals surface area (Å²) in [6.07, 6.45) is 7.62. The molecule has 4 aromatic heterocycles. The highest BCUT2D eigenvalue weighted by molar-refractivity contribution is 5.71. The second-order valence-corrected chi connectivity index (χ2v) is 7.43. The highest BCUT2D eigenvalue weighted by atomic mass is 15.2. The molecular formula is C23H21N7. The molecule has 0 aliphatic carbocycles. The summed E-state index contributed by atoms with van der Waals surface area (Å²) < 4.78 is 2.10. The highest BCUT2D eigenvalue weighted by Crippen LogP contribution is 2.27. The zero-order valence-electron chi connectivity index (χ0n) is 16.7. The molecular weight excluding hydrogens is 374 g/mol. The van der Waals surface area contributed by atoms with Crippen LogP contribution in [0.25, 0.3) is 28.0 Å². The van der Waals surface area contributed by atoms with Gasteiger partial charge in [-0.2, -0.15) is 5.26 Å². The van der Waals surface area contributed by atoms with Gasteiger partial charge in [0.05, 0.1) is 11.9 Å². The van der Waals surface area contributed by atoms with Crippen LogP contribution in [0.2, 0.25) is 0 Å². The van der Waals surface area contributed by atoms with Crippen LogP contribution in [0.15, 0.2) is 55.1 Å². The number of hydrogen-bond donors (Lipinski definition) is 1. The number of hydrogen-bond acceptors (Lipinski definition) is 6. The maximum absolute atomic E-state index is 8.98. The largest absolute Gasteiger partial charge is 0.354 e. The van der Waals surface area contributed by atoms with Crippen LogP contribution in [0.3, 0.4) is 0 Å². The summed E-state index contributed by atoms with van der Waals surface area (Å²) in [6.45, 7) is 5.98. The number of aromatic nitrogens is 4. The van der Waals surface area contributed by atoms with E-state index in [0.717, 1.165) is 65.6 Å². The molecule has 0 amide bonds. The number of anilines is 1. The molecule has 1 fully saturated rings. The van der Waals surface area contributed by atoms with E-state index in [1.165, 1.54) is 0 Å². The fourth-order valence-electron chi connectivity index (χ4n) is 3.88. The quantitative estimate of drug-likeness (QED) is 0.574. The summed E-state index contributed by atoms with van der Waals surface area (Å²) in [5.74, 6) is 1.01. The topological polar surface area (TPSA) is 82.1 Å². The molecule has 148 valence electrons. The van der Waals surface area contributed by atoms with Crippen LogP contribution in [0, 0.1) is 18.3 Å². The summed E-state index contributed by atoms with van der Waals surface area (Å²) in [7, 11) is 0. The fourth-order valence-corrected chi connectivity index (χ4v) is 3.88. The standard InChI is InChI=1S/C23H21N7/c1-16-10-19(17-2-4-20(11-24)26-12-17)15-30-21(14-28-23(16)30)18-3-5-22(27-13-18)29-8-6-25-7-9-29/h2-5,10,12-15,25H,6-9H2,1H3. The first-order valence-corrected chi connectivity index (χ1v) is 9.99. The second-order valence-electron chi connectivity index (χ2n) is 7.43. The molecule has 0 aromatic carbocycles. The van der Waals surface area contributed by atoms with Crippen LogP contribution in [0.5, 0.6) is 0 Å². The van der Waals surface area contributed by atoms with Gasteiger partial charge in [-0.1, -0.05) is 0 Å². The van der Waals surface area contributed by atoms with Crippen LogP contribution in [0.1, 0.15) is 11.3 Å². The first kappa shape index (κ1) is 18.3. The van der Waals surface area contributed by atoms with Gasteiger partial charge in [0, 0.05) is 61.5 Å². The molecule has 30 heavy (non-hydrogen) atoms. The minimum absolute atomic E-state index is 0.413. The molecule has 0 bridgehead atoms. The van der Waals surface area contributed by atoms with E-state index in [9.17, 15) is 0 Å². The maximum atomic E-state index is 8.98. The molecule has 1 aliphatic rings. The van der Waals surface area contributed by atoms with Gasteiger partial charge < -0.3 is 10.2 Å². The van der Waals surface area contributed by atoms with Crippen LogP contribution in [-0.2, 0) is 0 Å². The number of fused-ring (bicyclic) bond motifs is 1. The van der Waals surface area contributed by atoms with E-state index in [-0.39, 0.29) is 0 Å². The van der Waals surface area contributed by atoms with E-state index < -0.39 is 0 Å². The molecule has 0 spiro atoms. The minimum atomic E-state index is 0.413. The highest BCUT2D eigenvalue weighted by Gasteiger charge is 2.14. The van der Waals surface area contributed by atoms with E-state index in [1.807, 2.05) is 18.5 Å². The summed E-state index contributed by atoms with van der Waals surface area (Å²) in [6, 6.07) is 12.0. The normalized spacial score (nSPS) is 14.1. The van der Waals surface area contributed by atoms with Crippen molar-refractivity contribution in [1.82, 2.24) is 24.7 Å². The van der Waals surface area contributed by atoms with Crippen molar-refractivity contribution >= 4 is 11.5 Å². The molecule has 5 rings (SSSR count). The Labute approximate surface area is 174 Å². The molecule has 1 N–H and O–H groups in total. The summed E-state index contributed by atoms with van der Waals surface area (Å²) >= 11 is 0. The molecule has 1 saturated heterocycles. The van der Waals surface area contributed by atoms with E-state index in [1.54, 1.807) is 12.3 Å². The van der Waals surface area contributed by atoms with Gasteiger partial charge in [-0.25, -0.2) is 15.0 Å². The van der Waals surface area contributed by atoms with Crippen molar-refractivity contribution < 1.29 is 0 Å². The summed E-state index contributed by atoms with van der Waals surface area (Å²) in [5.41, 5.74) is 6.42. The Morgan fingerprint density at radius 2 is 1.73 bits per heavy atom. The summed E-state index contributed by atoms with van der Waals surface area (Å²) in [5, 5.41) is 12.4. The zero-order valence-corrected chi connectivity index (χ0v) is 16.7. The van der Waals surface area contributed by atoms with E-state index in [4.69, 9.17) is 10.2 Å². The van der Waals surface area contributed by atoms with Crippen molar-refractivity contribution in [2.24, 2.45) is 0 Å². The molecule has 1 aliphatic heterocycles. The lowest BCUT2D eigenvalue weighted by molar-refractivity contribution is 0.585. The minimum Gasteiger partial charge on any atom is -0.354 e. The molecule has 4 aromatic rings. The SMILES string of the molecule is Cc1cc(-c2ccc(C#N)nc2)cn2c(-c3ccc(N4CCNCC4)nc3)cnc12. The Morgan fingerprint density at radius 1 is 0.933 bits per heavy atom. The van der Waals surface area contributed by atoms with Gasteiger partial charge in [0.15, 0.2) is 0 Å². The Hall–Kier alpha value is -3.76. The number of piperazine rings is 1. The predicted octanol–water partition coefficient (Wildman–Crippen LogP) is 3.05. The number of rotatable bonds is 3. The molecule has 7 nitrogen and oxygen atoms in total. The van der Waals surface area contributed by atoms with Crippen LogP contribution < -0.4 is 10.2 Å². The zero-order chi connectivity index (χ0) is 20.5. The lowest BCUT2D eigenvalue weighted by Crippen LogP contribution is -2.43. The van der Waals surface area contributed by atoms with Gasteiger partial charge in [-0.05, 0) is 42.8 Å². The van der Waals surface area contributed by atoms with Gasteiger partial charge in [-0.3, -0.25) is 4.40 Å². The molecule has 5 heterocycles. The van der Waals surface area contributed by atoms with Gasteiger partial charge in [0.25, 0.3) is 0 Å². The summed E-state index contributed by atoms with van der Waals surface area (Å²) in [4.78, 5) is 15.8.